The lowest BCUT2D eigenvalue weighted by atomic mass is 10.1. The summed E-state index contributed by atoms with van der Waals surface area (Å²) in [5.41, 5.74) is 1.54. The first-order chi connectivity index (χ1) is 13.5. The zero-order valence-electron chi connectivity index (χ0n) is 15.0. The number of ether oxygens (including phenoxy) is 1. The Morgan fingerprint density at radius 1 is 1.11 bits per heavy atom. The molecule has 0 aliphatic carbocycles. The van der Waals surface area contributed by atoms with Gasteiger partial charge >= 0.3 is 15.4 Å². The molecule has 0 saturated carbocycles. The van der Waals surface area contributed by atoms with Gasteiger partial charge in [0.1, 0.15) is 22.9 Å². The number of hydrogen-bond acceptors (Lipinski definition) is 6. The lowest BCUT2D eigenvalue weighted by Crippen LogP contribution is -2.25. The van der Waals surface area contributed by atoms with Crippen molar-refractivity contribution in [2.24, 2.45) is 10.2 Å². The highest BCUT2D eigenvalue weighted by Crippen LogP contribution is 2.43. The van der Waals surface area contributed by atoms with Crippen LogP contribution in [0.5, 0.6) is 11.5 Å². The van der Waals surface area contributed by atoms with Gasteiger partial charge in [-0.1, -0.05) is 29.8 Å². The van der Waals surface area contributed by atoms with E-state index in [2.05, 4.69) is 15.5 Å². The number of fused-ring (bicyclic) bond motifs is 4. The molecular formula is C19H15ClN3O4Si. The molecule has 3 aromatic carbocycles. The summed E-state index contributed by atoms with van der Waals surface area (Å²) in [6, 6.07) is 14.4. The van der Waals surface area contributed by atoms with Crippen LogP contribution in [0.4, 0.5) is 21.9 Å². The highest BCUT2D eigenvalue weighted by molar-refractivity contribution is 6.44. The third kappa shape index (κ3) is 3.51. The summed E-state index contributed by atoms with van der Waals surface area (Å²) in [5, 5.41) is 13.6. The van der Waals surface area contributed by atoms with Gasteiger partial charge in [-0.25, -0.2) is 4.79 Å². The average Bonchev–Trinajstić information content (AvgIpc) is 2.75. The van der Waals surface area contributed by atoms with Crippen LogP contribution < -0.4 is 14.2 Å². The molecule has 1 aliphatic rings. The molecule has 9 heteroatoms. The zero-order chi connectivity index (χ0) is 19.7. The van der Waals surface area contributed by atoms with E-state index in [9.17, 15) is 4.79 Å². The van der Waals surface area contributed by atoms with Gasteiger partial charge in [0.25, 0.3) is 0 Å². The van der Waals surface area contributed by atoms with Crippen LogP contribution in [-0.2, 0) is 4.74 Å². The summed E-state index contributed by atoms with van der Waals surface area (Å²) >= 11 is 6.10. The van der Waals surface area contributed by atoms with Gasteiger partial charge in [-0.15, -0.1) is 10.2 Å². The normalized spacial score (nSPS) is 13.2. The van der Waals surface area contributed by atoms with Crippen LogP contribution in [0.25, 0.3) is 10.8 Å². The van der Waals surface area contributed by atoms with Crippen LogP contribution in [0, 0.1) is 0 Å². The quantitative estimate of drug-likeness (QED) is 0.498. The van der Waals surface area contributed by atoms with E-state index < -0.39 is 15.4 Å². The number of nitrogens with one attached hydrogen (secondary N) is 1. The second-order valence-corrected chi connectivity index (χ2v) is 7.77. The Labute approximate surface area is 167 Å². The highest BCUT2D eigenvalue weighted by atomic mass is 35.5. The molecule has 141 valence electrons. The Bertz CT molecular complexity index is 1110. The minimum Gasteiger partial charge on any atom is -0.508 e. The number of halogens is 1. The van der Waals surface area contributed by atoms with Crippen LogP contribution in [0.15, 0.2) is 58.8 Å². The highest BCUT2D eigenvalue weighted by Gasteiger charge is 2.22. The maximum atomic E-state index is 11.8. The Morgan fingerprint density at radius 2 is 1.89 bits per heavy atom. The van der Waals surface area contributed by atoms with E-state index in [0.717, 1.165) is 5.39 Å². The van der Waals surface area contributed by atoms with E-state index in [1.807, 2.05) is 30.8 Å². The molecular weight excluding hydrogens is 398 g/mol. The van der Waals surface area contributed by atoms with Gasteiger partial charge in [0.05, 0.1) is 12.8 Å². The van der Waals surface area contributed by atoms with Crippen molar-refractivity contribution in [1.82, 2.24) is 0 Å². The number of anilines is 1. The topological polar surface area (TPSA) is 81.5 Å². The number of nitrogens with zero attached hydrogens (tertiary/aromatic N) is 2. The number of carbonyl (C=O) groups excluding carboxylic acids is 1. The fraction of sp³-hybridized carbons (Fsp3) is 0.105. The Morgan fingerprint density at radius 3 is 2.71 bits per heavy atom. The van der Waals surface area contributed by atoms with Crippen molar-refractivity contribution in [1.29, 1.82) is 0 Å². The first-order valence-corrected chi connectivity index (χ1v) is 10.6. The second-order valence-electron chi connectivity index (χ2n) is 5.94. The van der Waals surface area contributed by atoms with Gasteiger partial charge in [-0.05, 0) is 35.7 Å². The lowest BCUT2D eigenvalue weighted by molar-refractivity contribution is 0.187. The van der Waals surface area contributed by atoms with Crippen molar-refractivity contribution in [3.8, 4) is 11.5 Å². The van der Waals surface area contributed by atoms with Crippen LogP contribution >= 0.6 is 11.6 Å². The van der Waals surface area contributed by atoms with Gasteiger partial charge in [0, 0.05) is 17.0 Å². The van der Waals surface area contributed by atoms with E-state index in [0.29, 0.717) is 39.0 Å². The van der Waals surface area contributed by atoms with Crippen LogP contribution in [0.1, 0.15) is 0 Å². The molecule has 4 rings (SSSR count). The SMILES string of the molecule is COC(=O)Nc1cccc2ccc3c(c12)N=Nc1cc(Cl)ccc1O[Si](C)O3. The van der Waals surface area contributed by atoms with Crippen molar-refractivity contribution < 1.29 is 18.4 Å². The molecule has 0 fully saturated rings. The van der Waals surface area contributed by atoms with Gasteiger partial charge < -0.3 is 13.6 Å². The first-order valence-electron chi connectivity index (χ1n) is 8.36. The first kappa shape index (κ1) is 18.3. The van der Waals surface area contributed by atoms with E-state index in [1.165, 1.54) is 7.11 Å². The number of benzene rings is 3. The monoisotopic (exact) mass is 412 g/mol. The van der Waals surface area contributed by atoms with E-state index in [-0.39, 0.29) is 0 Å². The maximum Gasteiger partial charge on any atom is 0.529 e. The molecule has 0 bridgehead atoms. The third-order valence-corrected chi connectivity index (χ3v) is 5.34. The van der Waals surface area contributed by atoms with E-state index in [4.69, 9.17) is 25.2 Å². The molecule has 1 N–H and O–H groups in total. The minimum absolute atomic E-state index is 0.491. The molecule has 0 saturated heterocycles. The molecule has 1 aliphatic heterocycles. The molecule has 0 atom stereocenters. The fourth-order valence-electron chi connectivity index (χ4n) is 2.88. The van der Waals surface area contributed by atoms with Gasteiger partial charge in [-0.2, -0.15) is 0 Å². The fourth-order valence-corrected chi connectivity index (χ4v) is 4.04. The largest absolute Gasteiger partial charge is 0.529 e. The summed E-state index contributed by atoms with van der Waals surface area (Å²) in [7, 11) is -0.387. The van der Waals surface area contributed by atoms with Crippen molar-refractivity contribution in [3.63, 3.8) is 0 Å². The summed E-state index contributed by atoms with van der Waals surface area (Å²) in [6.45, 7) is 1.88. The number of amides is 1. The molecule has 0 unspecified atom stereocenters. The zero-order valence-corrected chi connectivity index (χ0v) is 16.8. The number of rotatable bonds is 1. The number of azo groups is 1. The molecule has 3 aromatic rings. The van der Waals surface area contributed by atoms with Crippen LogP contribution in [-0.4, -0.2) is 22.5 Å². The van der Waals surface area contributed by atoms with Crippen molar-refractivity contribution >= 4 is 54.8 Å². The van der Waals surface area contributed by atoms with Crippen molar-refractivity contribution in [3.05, 3.63) is 53.6 Å². The molecule has 0 aromatic heterocycles. The van der Waals surface area contributed by atoms with Crippen molar-refractivity contribution in [2.75, 3.05) is 12.4 Å². The molecule has 7 nitrogen and oxygen atoms in total. The lowest BCUT2D eigenvalue weighted by Gasteiger charge is -2.16. The maximum absolute atomic E-state index is 11.8. The molecule has 1 heterocycles. The summed E-state index contributed by atoms with van der Waals surface area (Å²) in [4.78, 5) is 11.8. The van der Waals surface area contributed by atoms with Gasteiger partial charge in [0.15, 0.2) is 0 Å². The van der Waals surface area contributed by atoms with E-state index in [1.54, 1.807) is 24.3 Å². The average molecular weight is 413 g/mol. The molecule has 0 spiro atoms. The van der Waals surface area contributed by atoms with Crippen LogP contribution in [0.3, 0.4) is 0 Å². The number of carbonyl (C=O) groups is 1. The Balaban J connectivity index is 1.94. The predicted molar refractivity (Wildman–Crippen MR) is 108 cm³/mol. The second kappa shape index (κ2) is 7.49. The van der Waals surface area contributed by atoms with Crippen molar-refractivity contribution in [2.45, 2.75) is 6.55 Å². The Hall–Kier alpha value is -3.10. The Kier molecular flexibility index (Phi) is 4.89. The summed E-state index contributed by atoms with van der Waals surface area (Å²) in [5.74, 6) is 1.07. The standard InChI is InChI=1S/C19H15ClN3O4Si/c1-25-19(24)21-13-5-3-4-11-6-8-16-18(17(11)13)23-22-14-10-12(20)7-9-15(14)26-28(2)27-16/h3-10H,1-2H3,(H,21,24). The smallest absolute Gasteiger partial charge is 0.508 e. The third-order valence-electron chi connectivity index (χ3n) is 4.09. The number of methoxy groups -OCH3 is 1. The molecule has 28 heavy (non-hydrogen) atoms. The summed E-state index contributed by atoms with van der Waals surface area (Å²) in [6.07, 6.45) is -0.577. The van der Waals surface area contributed by atoms with Gasteiger partial charge in [-0.3, -0.25) is 5.32 Å². The number of hydrogen-bond donors (Lipinski definition) is 1. The molecule has 1 amide bonds. The summed E-state index contributed by atoms with van der Waals surface area (Å²) < 4.78 is 16.7. The molecule has 1 radical (unpaired) electrons. The predicted octanol–water partition coefficient (Wildman–Crippen LogP) is 5.98. The minimum atomic E-state index is -1.69. The van der Waals surface area contributed by atoms with Gasteiger partial charge in [0.2, 0.25) is 0 Å². The van der Waals surface area contributed by atoms with E-state index >= 15 is 0 Å². The van der Waals surface area contributed by atoms with Crippen LogP contribution in [0.2, 0.25) is 11.6 Å².